The summed E-state index contributed by atoms with van der Waals surface area (Å²) in [6.07, 6.45) is 5.99. The van der Waals surface area contributed by atoms with E-state index in [0.717, 1.165) is 19.0 Å². The van der Waals surface area contributed by atoms with Crippen LogP contribution in [0, 0.1) is 10.8 Å². The molecule has 0 radical (unpaired) electrons. The zero-order valence-corrected chi connectivity index (χ0v) is 11.9. The smallest absolute Gasteiger partial charge is 0.0911 e. The van der Waals surface area contributed by atoms with Gasteiger partial charge in [-0.1, -0.05) is 6.92 Å². The molecule has 104 valence electrons. The highest BCUT2D eigenvalue weighted by Crippen LogP contribution is 2.49. The molecule has 1 saturated heterocycles. The fourth-order valence-electron chi connectivity index (χ4n) is 3.49. The number of likely N-dealkylation sites (N-methyl/N-ethyl adjacent to an activating group) is 2. The first-order valence-corrected chi connectivity index (χ1v) is 7.30. The molecule has 1 heterocycles. The predicted molar refractivity (Wildman–Crippen MR) is 76.0 cm³/mol. The molecule has 0 spiro atoms. The van der Waals surface area contributed by atoms with Crippen LogP contribution >= 0.6 is 0 Å². The van der Waals surface area contributed by atoms with Crippen molar-refractivity contribution in [2.45, 2.75) is 45.1 Å². The molecule has 0 aromatic heterocycles. The van der Waals surface area contributed by atoms with Crippen molar-refractivity contribution in [1.82, 2.24) is 9.80 Å². The van der Waals surface area contributed by atoms with Crippen LogP contribution in [0.25, 0.3) is 0 Å². The van der Waals surface area contributed by atoms with Gasteiger partial charge in [0, 0.05) is 25.6 Å². The fourth-order valence-corrected chi connectivity index (χ4v) is 3.49. The zero-order chi connectivity index (χ0) is 13.2. The van der Waals surface area contributed by atoms with Crippen molar-refractivity contribution in [2.24, 2.45) is 11.1 Å². The first kappa shape index (κ1) is 13.8. The summed E-state index contributed by atoms with van der Waals surface area (Å²) in [4.78, 5) is 5.07. The molecule has 1 unspecified atom stereocenters. The molecule has 4 nitrogen and oxygen atoms in total. The Hall–Kier alpha value is -0.610. The fraction of sp³-hybridized carbons (Fsp3) is 0.929. The Morgan fingerprint density at radius 2 is 2.22 bits per heavy atom. The van der Waals surface area contributed by atoms with Gasteiger partial charge in [0.15, 0.2) is 0 Å². The summed E-state index contributed by atoms with van der Waals surface area (Å²) in [6, 6.07) is 0.744. The van der Waals surface area contributed by atoms with Gasteiger partial charge in [0.25, 0.3) is 0 Å². The molecule has 1 aliphatic heterocycles. The predicted octanol–water partition coefficient (Wildman–Crippen LogP) is 1.51. The molecule has 0 amide bonds. The molecular formula is C14H28N4. The van der Waals surface area contributed by atoms with Gasteiger partial charge in [-0.15, -0.1) is 0 Å². The van der Waals surface area contributed by atoms with E-state index in [9.17, 15) is 0 Å². The van der Waals surface area contributed by atoms with E-state index in [1.165, 1.54) is 45.3 Å². The van der Waals surface area contributed by atoms with Gasteiger partial charge in [-0.3, -0.25) is 10.3 Å². The van der Waals surface area contributed by atoms with E-state index in [1.807, 2.05) is 0 Å². The largest absolute Gasteiger partial charge is 0.388 e. The Balaban J connectivity index is 1.78. The minimum atomic E-state index is 0.343. The standard InChI is InChI=1S/C14H28N4/c1-3-18-8-4-5-12(18)10-17(2)11-14(6-7-14)9-13(15)16/h12H,3-11H2,1-2H3,(H3,15,16). The van der Waals surface area contributed by atoms with E-state index in [-0.39, 0.29) is 0 Å². The van der Waals surface area contributed by atoms with Crippen molar-refractivity contribution in [3.05, 3.63) is 0 Å². The average molecular weight is 252 g/mol. The second-order valence-corrected chi connectivity index (χ2v) is 6.32. The van der Waals surface area contributed by atoms with Crippen molar-refractivity contribution >= 4 is 5.84 Å². The normalized spacial score (nSPS) is 26.7. The van der Waals surface area contributed by atoms with Gasteiger partial charge >= 0.3 is 0 Å². The van der Waals surface area contributed by atoms with Crippen LogP contribution in [0.1, 0.15) is 39.0 Å². The lowest BCUT2D eigenvalue weighted by Crippen LogP contribution is -2.41. The molecule has 1 aliphatic carbocycles. The molecule has 0 aromatic carbocycles. The van der Waals surface area contributed by atoms with Crippen molar-refractivity contribution in [2.75, 3.05) is 33.2 Å². The number of amidine groups is 1. The van der Waals surface area contributed by atoms with Crippen molar-refractivity contribution in [1.29, 1.82) is 5.41 Å². The van der Waals surface area contributed by atoms with Crippen molar-refractivity contribution < 1.29 is 0 Å². The van der Waals surface area contributed by atoms with Crippen LogP contribution in [0.5, 0.6) is 0 Å². The van der Waals surface area contributed by atoms with Gasteiger partial charge in [-0.05, 0) is 51.2 Å². The first-order valence-electron chi connectivity index (χ1n) is 7.30. The van der Waals surface area contributed by atoms with Crippen LogP contribution < -0.4 is 5.73 Å². The maximum absolute atomic E-state index is 7.47. The summed E-state index contributed by atoms with van der Waals surface area (Å²) in [5, 5.41) is 7.47. The maximum Gasteiger partial charge on any atom is 0.0911 e. The molecule has 0 aromatic rings. The Kier molecular flexibility index (Phi) is 4.28. The summed E-state index contributed by atoms with van der Waals surface area (Å²) in [6.45, 7) is 7.00. The topological polar surface area (TPSA) is 56.4 Å². The van der Waals surface area contributed by atoms with E-state index in [1.54, 1.807) is 0 Å². The molecular weight excluding hydrogens is 224 g/mol. The minimum absolute atomic E-state index is 0.343. The Bertz CT molecular complexity index is 298. The molecule has 18 heavy (non-hydrogen) atoms. The quantitative estimate of drug-likeness (QED) is 0.533. The Morgan fingerprint density at radius 3 is 2.78 bits per heavy atom. The molecule has 2 aliphatic rings. The number of hydrogen-bond donors (Lipinski definition) is 2. The van der Waals surface area contributed by atoms with Crippen LogP contribution in [-0.4, -0.2) is 54.9 Å². The van der Waals surface area contributed by atoms with Crippen LogP contribution in [0.3, 0.4) is 0 Å². The van der Waals surface area contributed by atoms with E-state index in [2.05, 4.69) is 23.8 Å². The summed E-state index contributed by atoms with van der Waals surface area (Å²) in [7, 11) is 2.23. The van der Waals surface area contributed by atoms with Gasteiger partial charge in [-0.2, -0.15) is 0 Å². The number of rotatable bonds is 7. The number of hydrogen-bond acceptors (Lipinski definition) is 3. The first-order chi connectivity index (χ1) is 8.54. The highest BCUT2D eigenvalue weighted by molar-refractivity contribution is 5.78. The second-order valence-electron chi connectivity index (χ2n) is 6.32. The molecule has 0 bridgehead atoms. The number of nitrogens with one attached hydrogen (secondary N) is 1. The van der Waals surface area contributed by atoms with Gasteiger partial charge in [-0.25, -0.2) is 0 Å². The third-order valence-corrected chi connectivity index (χ3v) is 4.56. The average Bonchev–Trinajstić information content (AvgIpc) is 2.87. The second kappa shape index (κ2) is 5.57. The van der Waals surface area contributed by atoms with Crippen LogP contribution in [0.2, 0.25) is 0 Å². The molecule has 2 rings (SSSR count). The van der Waals surface area contributed by atoms with Crippen LogP contribution in [0.15, 0.2) is 0 Å². The highest BCUT2D eigenvalue weighted by Gasteiger charge is 2.44. The molecule has 4 heteroatoms. The number of nitrogens with two attached hydrogens (primary N) is 1. The summed E-state index contributed by atoms with van der Waals surface area (Å²) in [5.41, 5.74) is 5.90. The third kappa shape index (κ3) is 3.45. The van der Waals surface area contributed by atoms with Crippen molar-refractivity contribution in [3.8, 4) is 0 Å². The number of likely N-dealkylation sites (tertiary alicyclic amines) is 1. The van der Waals surface area contributed by atoms with E-state index >= 15 is 0 Å². The number of nitrogens with zero attached hydrogens (tertiary/aromatic N) is 2. The Morgan fingerprint density at radius 1 is 1.50 bits per heavy atom. The van der Waals surface area contributed by atoms with Crippen LogP contribution in [-0.2, 0) is 0 Å². The summed E-state index contributed by atoms with van der Waals surface area (Å²) < 4.78 is 0. The zero-order valence-electron chi connectivity index (χ0n) is 11.9. The molecule has 1 saturated carbocycles. The van der Waals surface area contributed by atoms with E-state index < -0.39 is 0 Å². The minimum Gasteiger partial charge on any atom is -0.388 e. The monoisotopic (exact) mass is 252 g/mol. The Labute approximate surface area is 111 Å². The maximum atomic E-state index is 7.47. The SMILES string of the molecule is CCN1CCCC1CN(C)CC1(CC(=N)N)CC1. The summed E-state index contributed by atoms with van der Waals surface area (Å²) >= 11 is 0. The van der Waals surface area contributed by atoms with Gasteiger partial charge in [0.2, 0.25) is 0 Å². The highest BCUT2D eigenvalue weighted by atomic mass is 15.2. The van der Waals surface area contributed by atoms with Gasteiger partial charge in [0.05, 0.1) is 5.84 Å². The van der Waals surface area contributed by atoms with Crippen LogP contribution in [0.4, 0.5) is 0 Å². The van der Waals surface area contributed by atoms with Crippen molar-refractivity contribution in [3.63, 3.8) is 0 Å². The lowest BCUT2D eigenvalue weighted by Gasteiger charge is -2.30. The lowest BCUT2D eigenvalue weighted by molar-refractivity contribution is 0.179. The summed E-state index contributed by atoms with van der Waals surface area (Å²) in [5.74, 6) is 0.358. The van der Waals surface area contributed by atoms with E-state index in [0.29, 0.717) is 11.3 Å². The molecule has 3 N–H and O–H groups in total. The third-order valence-electron chi connectivity index (χ3n) is 4.56. The van der Waals surface area contributed by atoms with Gasteiger partial charge < -0.3 is 10.6 Å². The molecule has 1 atom stereocenters. The molecule has 2 fully saturated rings. The van der Waals surface area contributed by atoms with E-state index in [4.69, 9.17) is 11.1 Å². The van der Waals surface area contributed by atoms with Gasteiger partial charge in [0.1, 0.15) is 0 Å². The lowest BCUT2D eigenvalue weighted by atomic mass is 10.0.